The summed E-state index contributed by atoms with van der Waals surface area (Å²) in [5, 5.41) is 0. The molecule has 0 heterocycles. The summed E-state index contributed by atoms with van der Waals surface area (Å²) in [6, 6.07) is 0. The molecule has 0 aliphatic rings. The highest BCUT2D eigenvalue weighted by Crippen LogP contribution is 1.63. The minimum Gasteiger partial charge on any atom is -0.195 e. The van der Waals surface area contributed by atoms with E-state index in [4.69, 9.17) is 6.85 Å². The highest BCUT2D eigenvalue weighted by Gasteiger charge is 1.57. The second kappa shape index (κ2) is 2.89. The Morgan fingerprint density at radius 1 is 2.75 bits per heavy atom. The van der Waals surface area contributed by atoms with Crippen LogP contribution < -0.4 is 0 Å². The van der Waals surface area contributed by atoms with Gasteiger partial charge in [-0.1, -0.05) is 0 Å². The first-order chi connectivity index (χ1) is 3.81. The lowest BCUT2D eigenvalue weighted by Crippen LogP contribution is -1.66. The van der Waals surface area contributed by atoms with Crippen LogP contribution in [0.1, 0.15) is 13.7 Å². The normalized spacial score (nSPS) is 32.8. The van der Waals surface area contributed by atoms with Crippen LogP contribution in [0.2, 0.25) is 0 Å². The molecule has 0 saturated heterocycles. The van der Waals surface area contributed by atoms with Crippen molar-refractivity contribution in [2.75, 3.05) is 6.56 Å². The van der Waals surface area contributed by atoms with Crippen LogP contribution in [0.25, 0.3) is 0 Å². The van der Waals surface area contributed by atoms with Gasteiger partial charge in [0.15, 0.2) is 0 Å². The molecule has 0 aliphatic carbocycles. The van der Waals surface area contributed by atoms with E-state index in [0.29, 0.717) is 0 Å². The van der Waals surface area contributed by atoms with Crippen LogP contribution >= 0.6 is 0 Å². The third kappa shape index (κ3) is 1.89. The van der Waals surface area contributed by atoms with E-state index in [1.54, 1.807) is 0 Å². The second-order valence-corrected chi connectivity index (χ2v) is 0.179. The Morgan fingerprint density at radius 3 is 3.50 bits per heavy atom. The second-order valence-electron chi connectivity index (χ2n) is 0.179. The molecule has 0 aromatic carbocycles. The van der Waals surface area contributed by atoms with Gasteiger partial charge in [0.2, 0.25) is 0 Å². The summed E-state index contributed by atoms with van der Waals surface area (Å²) in [5.74, 6) is 0. The summed E-state index contributed by atoms with van der Waals surface area (Å²) in [4.78, 5) is 2.57. The fourth-order valence-electron chi connectivity index (χ4n) is 0. The Hall–Kier alpha value is -0.110. The molecular weight excluding hydrogens is 59.0 g/mol. The minimum atomic E-state index is -3.19. The zero-order chi connectivity index (χ0) is 7.71. The van der Waals surface area contributed by atoms with Crippen molar-refractivity contribution >= 4 is 0 Å². The molecule has 4 heavy (non-hydrogen) atoms. The summed E-state index contributed by atoms with van der Waals surface area (Å²) in [7, 11) is 0. The van der Waals surface area contributed by atoms with Gasteiger partial charge in [0, 0.05) is 4.11 Å². The summed E-state index contributed by atoms with van der Waals surface area (Å²) >= 11 is 0. The monoisotopic (exact) mass is 69.1 g/mol. The molecule has 0 aromatic rings. The van der Waals surface area contributed by atoms with Crippen molar-refractivity contribution < 1.29 is 16.3 Å². The van der Waals surface area contributed by atoms with E-state index < -0.39 is 13.4 Å². The fraction of sp³-hybridized carbons (Fsp3) is 1.00. The molecule has 0 atom stereocenters. The first-order valence-electron chi connectivity index (χ1n) is 3.11. The van der Waals surface area contributed by atoms with Crippen LogP contribution in [0.4, 0.5) is 4.53 Å². The van der Waals surface area contributed by atoms with Crippen molar-refractivity contribution in [3.8, 4) is 0 Å². The lowest BCUT2D eigenvalue weighted by molar-refractivity contribution is -0.125. The zero-order valence-electron chi connectivity index (χ0n) is 6.79. The van der Waals surface area contributed by atoms with E-state index in [1.165, 1.54) is 0 Å². The van der Waals surface area contributed by atoms with Crippen molar-refractivity contribution in [3.63, 3.8) is 0 Å². The molecular formula is C2H5FO. The van der Waals surface area contributed by atoms with Gasteiger partial charge in [0.05, 0.1) is 9.30 Å². The minimum absolute atomic E-state index is 2.57. The smallest absolute Gasteiger partial charge is 0.0848 e. The van der Waals surface area contributed by atoms with Crippen LogP contribution in [0.5, 0.6) is 0 Å². The van der Waals surface area contributed by atoms with Gasteiger partial charge in [-0.15, -0.1) is 0 Å². The summed E-state index contributed by atoms with van der Waals surface area (Å²) in [5.41, 5.74) is 0. The molecule has 2 heteroatoms. The largest absolute Gasteiger partial charge is 0.195 e. The Bertz CT molecular complexity index is 97.6. The Kier molecular flexibility index (Phi) is 0.377. The van der Waals surface area contributed by atoms with Gasteiger partial charge in [0.25, 0.3) is 0 Å². The van der Waals surface area contributed by atoms with E-state index in [2.05, 4.69) is 4.94 Å². The highest BCUT2D eigenvalue weighted by atomic mass is 19.3. The van der Waals surface area contributed by atoms with Crippen molar-refractivity contribution in [1.29, 1.82) is 0 Å². The molecule has 0 aromatic heterocycles. The molecule has 0 unspecified atom stereocenters. The Labute approximate surface area is 31.3 Å². The molecule has 0 radical (unpaired) electrons. The summed E-state index contributed by atoms with van der Waals surface area (Å²) < 4.78 is 42.7. The summed E-state index contributed by atoms with van der Waals surface area (Å²) in [6.07, 6.45) is 0. The van der Waals surface area contributed by atoms with Crippen molar-refractivity contribution in [1.82, 2.24) is 0 Å². The van der Waals surface area contributed by atoms with Crippen LogP contribution in [-0.4, -0.2) is 6.56 Å². The highest BCUT2D eigenvalue weighted by molar-refractivity contribution is 3.89. The SMILES string of the molecule is [2H]C([2H])([2H])C([2H])([2H])OF. The van der Waals surface area contributed by atoms with E-state index in [0.717, 1.165) is 0 Å². The molecule has 0 rings (SSSR count). The van der Waals surface area contributed by atoms with Crippen molar-refractivity contribution in [3.05, 3.63) is 0 Å². The molecule has 0 saturated carbocycles. The van der Waals surface area contributed by atoms with Gasteiger partial charge in [-0.3, -0.25) is 0 Å². The number of hydrogen-bond donors (Lipinski definition) is 0. The molecule has 1 nitrogen and oxygen atoms in total. The lowest BCUT2D eigenvalue weighted by atomic mass is 10.9. The van der Waals surface area contributed by atoms with Gasteiger partial charge >= 0.3 is 0 Å². The molecule has 26 valence electrons. The fourth-order valence-corrected chi connectivity index (χ4v) is 0. The maximum Gasteiger partial charge on any atom is 0.0848 e. The van der Waals surface area contributed by atoms with E-state index in [9.17, 15) is 4.53 Å². The van der Waals surface area contributed by atoms with Crippen LogP contribution in [0, 0.1) is 0 Å². The molecule has 0 bridgehead atoms. The number of rotatable bonds is 1. The van der Waals surface area contributed by atoms with E-state index in [1.807, 2.05) is 0 Å². The summed E-state index contributed by atoms with van der Waals surface area (Å²) in [6.45, 7) is -6.26. The topological polar surface area (TPSA) is 9.23 Å². The van der Waals surface area contributed by atoms with Crippen LogP contribution in [0.15, 0.2) is 0 Å². The van der Waals surface area contributed by atoms with Crippen LogP contribution in [0.3, 0.4) is 0 Å². The van der Waals surface area contributed by atoms with Gasteiger partial charge in [0.1, 0.15) is 0 Å². The quantitative estimate of drug-likeness (QED) is 0.444. The number of hydrogen-bond acceptors (Lipinski definition) is 1. The van der Waals surface area contributed by atoms with Crippen molar-refractivity contribution in [2.24, 2.45) is 0 Å². The van der Waals surface area contributed by atoms with E-state index >= 15 is 0 Å². The van der Waals surface area contributed by atoms with Gasteiger partial charge < -0.3 is 0 Å². The van der Waals surface area contributed by atoms with Crippen LogP contribution in [-0.2, 0) is 4.94 Å². The average Bonchev–Trinajstić information content (AvgIpc) is 1.64. The molecule has 0 aliphatic heterocycles. The van der Waals surface area contributed by atoms with Gasteiger partial charge in [-0.25, -0.2) is 0 Å². The first kappa shape index (κ1) is 0.522. The zero-order valence-corrected chi connectivity index (χ0v) is 1.79. The first-order valence-corrected chi connectivity index (χ1v) is 0.608. The third-order valence-electron chi connectivity index (χ3n) is 0.0386. The van der Waals surface area contributed by atoms with Crippen molar-refractivity contribution in [2.45, 2.75) is 6.85 Å². The van der Waals surface area contributed by atoms with E-state index in [-0.39, 0.29) is 0 Å². The maximum atomic E-state index is 11.0. The third-order valence-corrected chi connectivity index (χ3v) is 0.0386. The van der Waals surface area contributed by atoms with Gasteiger partial charge in [-0.05, 0) is 11.4 Å². The molecule has 0 amide bonds. The Morgan fingerprint density at radius 2 is 3.50 bits per heavy atom. The predicted octanol–water partition coefficient (Wildman–Crippen LogP) is 0.907. The molecule has 0 fully saturated rings. The predicted molar refractivity (Wildman–Crippen MR) is 12.7 cm³/mol. The maximum absolute atomic E-state index is 11.0. The van der Waals surface area contributed by atoms with Gasteiger partial charge in [-0.2, -0.15) is 4.94 Å². The lowest BCUT2D eigenvalue weighted by Gasteiger charge is -1.68. The average molecular weight is 69.1 g/mol. The molecule has 0 N–H and O–H groups in total. The molecule has 0 spiro atoms. The Balaban J connectivity index is 4.14. The standard InChI is InChI=1S/C2H5FO/c1-2-4-3/h2H2,1H3/i1D3,2D2. The number of halogens is 1.